The first-order valence-electron chi connectivity index (χ1n) is 8.91. The Balaban J connectivity index is 1.56. The van der Waals surface area contributed by atoms with Crippen LogP contribution in [0.2, 0.25) is 0 Å². The quantitative estimate of drug-likeness (QED) is 0.472. The van der Waals surface area contributed by atoms with Crippen LogP contribution in [-0.4, -0.2) is 24.3 Å². The molecule has 0 aliphatic carbocycles. The summed E-state index contributed by atoms with van der Waals surface area (Å²) in [4.78, 5) is 17.2. The molecule has 142 valence electrons. The third-order valence-corrected chi connectivity index (χ3v) is 4.54. The normalized spacial score (nSPS) is 11.2. The van der Waals surface area contributed by atoms with Crippen molar-refractivity contribution in [2.24, 2.45) is 0 Å². The Kier molecular flexibility index (Phi) is 4.02. The number of pyridine rings is 1. The van der Waals surface area contributed by atoms with Crippen molar-refractivity contribution in [2.45, 2.75) is 6.54 Å². The lowest BCUT2D eigenvalue weighted by Gasteiger charge is -1.99. The van der Waals surface area contributed by atoms with E-state index in [2.05, 4.69) is 15.2 Å². The van der Waals surface area contributed by atoms with Gasteiger partial charge in [-0.1, -0.05) is 47.6 Å². The highest BCUT2D eigenvalue weighted by molar-refractivity contribution is 5.72. The summed E-state index contributed by atoms with van der Waals surface area (Å²) in [6.45, 7) is 0.222. The van der Waals surface area contributed by atoms with Crippen LogP contribution in [0.15, 0.2) is 82.2 Å². The number of rotatable bonds is 4. The molecule has 0 radical (unpaired) electrons. The molecule has 0 amide bonds. The molecule has 0 bridgehead atoms. The van der Waals surface area contributed by atoms with E-state index < -0.39 is 0 Å². The van der Waals surface area contributed by atoms with Gasteiger partial charge in [-0.2, -0.15) is 4.98 Å². The number of aromatic nitrogens is 5. The average molecular weight is 387 g/mol. The minimum absolute atomic E-state index is 0.222. The zero-order valence-electron chi connectivity index (χ0n) is 15.1. The van der Waals surface area contributed by atoms with Gasteiger partial charge in [0.25, 0.3) is 5.89 Å². The fraction of sp³-hybridized carbons (Fsp3) is 0.0476. The Labute approximate surface area is 163 Å². The summed E-state index contributed by atoms with van der Waals surface area (Å²) in [6.07, 6.45) is 1.63. The first-order chi connectivity index (χ1) is 14.2. The number of nitrogens with zero attached hydrogens (tertiary/aromatic N) is 5. The third-order valence-electron chi connectivity index (χ3n) is 4.54. The van der Waals surface area contributed by atoms with Gasteiger partial charge in [-0.25, -0.2) is 18.3 Å². The highest BCUT2D eigenvalue weighted by atomic mass is 19.1. The predicted molar refractivity (Wildman–Crippen MR) is 104 cm³/mol. The molecule has 0 saturated heterocycles. The van der Waals surface area contributed by atoms with Gasteiger partial charge in [-0.3, -0.25) is 0 Å². The van der Waals surface area contributed by atoms with Gasteiger partial charge in [0, 0.05) is 11.8 Å². The highest BCUT2D eigenvalue weighted by Crippen LogP contribution is 2.24. The lowest BCUT2D eigenvalue weighted by molar-refractivity contribution is 0.432. The predicted octanol–water partition coefficient (Wildman–Crippen LogP) is 3.40. The molecule has 0 fully saturated rings. The van der Waals surface area contributed by atoms with Crippen molar-refractivity contribution < 1.29 is 8.91 Å². The Morgan fingerprint density at radius 1 is 0.966 bits per heavy atom. The van der Waals surface area contributed by atoms with E-state index in [1.165, 1.54) is 21.2 Å². The van der Waals surface area contributed by atoms with E-state index in [1.54, 1.807) is 30.5 Å². The Morgan fingerprint density at radius 3 is 2.55 bits per heavy atom. The van der Waals surface area contributed by atoms with Gasteiger partial charge in [-0.05, 0) is 29.8 Å². The summed E-state index contributed by atoms with van der Waals surface area (Å²) in [6, 6.07) is 18.9. The van der Waals surface area contributed by atoms with Crippen LogP contribution >= 0.6 is 0 Å². The smallest absolute Gasteiger partial charge is 0.333 e. The second-order valence-electron chi connectivity index (χ2n) is 6.47. The van der Waals surface area contributed by atoms with Gasteiger partial charge in [0.15, 0.2) is 5.65 Å². The molecule has 0 saturated carbocycles. The van der Waals surface area contributed by atoms with E-state index >= 15 is 0 Å². The molecule has 2 aromatic carbocycles. The minimum atomic E-state index is -0.330. The molecule has 0 aliphatic rings. The maximum atomic E-state index is 13.1. The molecular weight excluding hydrogens is 373 g/mol. The van der Waals surface area contributed by atoms with Crippen LogP contribution in [-0.2, 0) is 6.54 Å². The lowest BCUT2D eigenvalue weighted by Crippen LogP contribution is -2.21. The average Bonchev–Trinajstić information content (AvgIpc) is 3.36. The Hall–Kier alpha value is -4.07. The molecule has 8 heteroatoms. The largest absolute Gasteiger partial charge is 0.350 e. The van der Waals surface area contributed by atoms with Crippen molar-refractivity contribution >= 4 is 5.65 Å². The summed E-state index contributed by atoms with van der Waals surface area (Å²) >= 11 is 0. The Bertz CT molecular complexity index is 1350. The zero-order valence-corrected chi connectivity index (χ0v) is 15.1. The fourth-order valence-electron chi connectivity index (χ4n) is 3.11. The van der Waals surface area contributed by atoms with E-state index in [-0.39, 0.29) is 23.9 Å². The van der Waals surface area contributed by atoms with Gasteiger partial charge >= 0.3 is 5.69 Å². The third kappa shape index (κ3) is 3.10. The molecule has 29 heavy (non-hydrogen) atoms. The van der Waals surface area contributed by atoms with Crippen LogP contribution in [0.3, 0.4) is 0 Å². The summed E-state index contributed by atoms with van der Waals surface area (Å²) in [5.41, 5.74) is 2.24. The minimum Gasteiger partial charge on any atom is -0.333 e. The maximum absolute atomic E-state index is 13.1. The van der Waals surface area contributed by atoms with Crippen molar-refractivity contribution in [3.05, 3.63) is 94.8 Å². The monoisotopic (exact) mass is 387 g/mol. The molecule has 0 N–H and O–H groups in total. The van der Waals surface area contributed by atoms with Crippen LogP contribution in [0.1, 0.15) is 5.56 Å². The van der Waals surface area contributed by atoms with E-state index in [0.717, 1.165) is 11.1 Å². The summed E-state index contributed by atoms with van der Waals surface area (Å²) in [7, 11) is 0. The standard InChI is InChI=1S/C21H14FN5O2/c22-16-10-8-14(9-11-16)13-27-21(28)26-12-4-7-17(19(26)24-27)20-23-18(25-29-20)15-5-2-1-3-6-15/h1-12H,13H2. The summed E-state index contributed by atoms with van der Waals surface area (Å²) < 4.78 is 21.3. The van der Waals surface area contributed by atoms with Crippen LogP contribution in [0.4, 0.5) is 4.39 Å². The molecule has 5 aromatic rings. The van der Waals surface area contributed by atoms with Gasteiger partial charge in [0.2, 0.25) is 5.82 Å². The zero-order chi connectivity index (χ0) is 19.8. The lowest BCUT2D eigenvalue weighted by atomic mass is 10.2. The number of hydrogen-bond donors (Lipinski definition) is 0. The molecule has 0 aliphatic heterocycles. The molecule has 0 unspecified atom stereocenters. The van der Waals surface area contributed by atoms with Crippen molar-refractivity contribution in [1.29, 1.82) is 0 Å². The molecule has 0 atom stereocenters. The van der Waals surface area contributed by atoms with E-state index in [4.69, 9.17) is 4.52 Å². The second kappa shape index (κ2) is 6.83. The molecular formula is C21H14FN5O2. The first-order valence-corrected chi connectivity index (χ1v) is 8.91. The topological polar surface area (TPSA) is 78.2 Å². The van der Waals surface area contributed by atoms with Crippen LogP contribution in [0.5, 0.6) is 0 Å². The maximum Gasteiger partial charge on any atom is 0.350 e. The van der Waals surface area contributed by atoms with Gasteiger partial charge in [-0.15, -0.1) is 5.10 Å². The van der Waals surface area contributed by atoms with Gasteiger partial charge < -0.3 is 4.52 Å². The van der Waals surface area contributed by atoms with Gasteiger partial charge in [0.05, 0.1) is 12.1 Å². The van der Waals surface area contributed by atoms with Crippen molar-refractivity contribution in [2.75, 3.05) is 0 Å². The fourth-order valence-corrected chi connectivity index (χ4v) is 3.11. The number of fused-ring (bicyclic) bond motifs is 1. The molecule has 0 spiro atoms. The summed E-state index contributed by atoms with van der Waals surface area (Å²) in [5.74, 6) is 0.396. The molecule has 3 heterocycles. The highest BCUT2D eigenvalue weighted by Gasteiger charge is 2.17. The van der Waals surface area contributed by atoms with E-state index in [0.29, 0.717) is 17.0 Å². The Morgan fingerprint density at radius 2 is 1.76 bits per heavy atom. The van der Waals surface area contributed by atoms with Crippen LogP contribution in [0.25, 0.3) is 28.5 Å². The number of hydrogen-bond acceptors (Lipinski definition) is 5. The SMILES string of the molecule is O=c1n(Cc2ccc(F)cc2)nc2c(-c3nc(-c4ccccc4)no3)cccn12. The summed E-state index contributed by atoms with van der Waals surface area (Å²) in [5, 5.41) is 8.47. The molecule has 7 nitrogen and oxygen atoms in total. The molecule has 3 aromatic heterocycles. The van der Waals surface area contributed by atoms with Crippen molar-refractivity contribution in [3.63, 3.8) is 0 Å². The van der Waals surface area contributed by atoms with Crippen LogP contribution < -0.4 is 5.69 Å². The molecule has 5 rings (SSSR count). The number of halogens is 1. The van der Waals surface area contributed by atoms with E-state index in [9.17, 15) is 9.18 Å². The van der Waals surface area contributed by atoms with Crippen molar-refractivity contribution in [1.82, 2.24) is 24.3 Å². The van der Waals surface area contributed by atoms with Crippen LogP contribution in [0, 0.1) is 5.82 Å². The van der Waals surface area contributed by atoms with Crippen molar-refractivity contribution in [3.8, 4) is 22.8 Å². The number of benzene rings is 2. The van der Waals surface area contributed by atoms with E-state index in [1.807, 2.05) is 30.3 Å². The second-order valence-corrected chi connectivity index (χ2v) is 6.47. The van der Waals surface area contributed by atoms with Gasteiger partial charge in [0.1, 0.15) is 5.82 Å². The first kappa shape index (κ1) is 17.1.